The number of furan rings is 1. The molecule has 0 saturated heterocycles. The fourth-order valence-corrected chi connectivity index (χ4v) is 2.52. The van der Waals surface area contributed by atoms with Crippen molar-refractivity contribution in [1.82, 2.24) is 15.5 Å². The van der Waals surface area contributed by atoms with Crippen molar-refractivity contribution in [3.05, 3.63) is 59.1 Å². The Morgan fingerprint density at radius 2 is 1.96 bits per heavy atom. The third-order valence-electron chi connectivity index (χ3n) is 3.64. The lowest BCUT2D eigenvalue weighted by Crippen LogP contribution is -2.23. The summed E-state index contributed by atoms with van der Waals surface area (Å²) >= 11 is 6.09. The number of carbonyl (C=O) groups excluding carboxylic acids is 1. The molecule has 140 valence electrons. The zero-order chi connectivity index (χ0) is 19.2. The number of hydrogen-bond donors (Lipinski definition) is 2. The molecule has 1 amide bonds. The summed E-state index contributed by atoms with van der Waals surface area (Å²) in [7, 11) is 3.05. The maximum Gasteiger partial charge on any atom is 0.272 e. The van der Waals surface area contributed by atoms with Crippen molar-refractivity contribution in [2.24, 2.45) is 0 Å². The van der Waals surface area contributed by atoms with E-state index in [1.54, 1.807) is 42.7 Å². The van der Waals surface area contributed by atoms with E-state index in [1.807, 2.05) is 0 Å². The Bertz CT molecular complexity index is 914. The monoisotopic (exact) mass is 388 g/mol. The number of amides is 1. The molecular formula is C18H17ClN4O4. The molecule has 0 bridgehead atoms. The summed E-state index contributed by atoms with van der Waals surface area (Å²) in [6.07, 6.45) is 1.54. The number of hydrogen-bond acceptors (Lipinski definition) is 7. The highest BCUT2D eigenvalue weighted by atomic mass is 35.5. The first-order chi connectivity index (χ1) is 13.1. The molecule has 0 unspecified atom stereocenters. The van der Waals surface area contributed by atoms with Gasteiger partial charge in [0.25, 0.3) is 5.91 Å². The fourth-order valence-electron chi connectivity index (χ4n) is 2.29. The van der Waals surface area contributed by atoms with Gasteiger partial charge in [0.05, 0.1) is 37.7 Å². The van der Waals surface area contributed by atoms with Crippen molar-refractivity contribution >= 4 is 29.0 Å². The zero-order valence-corrected chi connectivity index (χ0v) is 15.4. The van der Waals surface area contributed by atoms with Gasteiger partial charge in [0.15, 0.2) is 11.5 Å². The molecule has 2 N–H and O–H groups in total. The summed E-state index contributed by atoms with van der Waals surface area (Å²) in [4.78, 5) is 12.1. The summed E-state index contributed by atoms with van der Waals surface area (Å²) in [5, 5.41) is 14.1. The summed E-state index contributed by atoms with van der Waals surface area (Å²) in [5.41, 5.74) is 0.788. The van der Waals surface area contributed by atoms with Crippen LogP contribution < -0.4 is 20.1 Å². The van der Waals surface area contributed by atoms with Crippen molar-refractivity contribution in [3.63, 3.8) is 0 Å². The van der Waals surface area contributed by atoms with Crippen molar-refractivity contribution in [2.75, 3.05) is 19.5 Å². The highest BCUT2D eigenvalue weighted by Crippen LogP contribution is 2.36. The Morgan fingerprint density at radius 1 is 1.15 bits per heavy atom. The van der Waals surface area contributed by atoms with Gasteiger partial charge in [-0.25, -0.2) is 0 Å². The van der Waals surface area contributed by atoms with Crippen molar-refractivity contribution in [1.29, 1.82) is 0 Å². The molecule has 1 aromatic carbocycles. The van der Waals surface area contributed by atoms with Gasteiger partial charge in [0.2, 0.25) is 0 Å². The molecular weight excluding hydrogens is 372 g/mol. The zero-order valence-electron chi connectivity index (χ0n) is 14.7. The molecule has 3 aromatic rings. The number of nitrogens with one attached hydrogen (secondary N) is 2. The van der Waals surface area contributed by atoms with E-state index in [1.165, 1.54) is 14.2 Å². The number of rotatable bonds is 7. The van der Waals surface area contributed by atoms with Crippen LogP contribution in [0, 0.1) is 0 Å². The molecule has 3 rings (SSSR count). The second kappa shape index (κ2) is 8.41. The van der Waals surface area contributed by atoms with Gasteiger partial charge < -0.3 is 24.5 Å². The standard InChI is InChI=1S/C18H17ClN4O4/c1-25-15-9-14(16(26-2)8-12(15)19)21-17-6-5-13(22-23-17)18(24)20-10-11-4-3-7-27-11/h3-9H,10H2,1-2H3,(H,20,24)(H,21,23). The van der Waals surface area contributed by atoms with E-state index >= 15 is 0 Å². The van der Waals surface area contributed by atoms with Crippen molar-refractivity contribution in [2.45, 2.75) is 6.54 Å². The lowest BCUT2D eigenvalue weighted by molar-refractivity contribution is 0.0942. The number of carbonyl (C=O) groups is 1. The normalized spacial score (nSPS) is 10.3. The summed E-state index contributed by atoms with van der Waals surface area (Å²) in [5.74, 6) is 1.74. The van der Waals surface area contributed by atoms with Crippen LogP contribution >= 0.6 is 11.6 Å². The average molecular weight is 389 g/mol. The highest BCUT2D eigenvalue weighted by molar-refractivity contribution is 6.32. The molecule has 2 aromatic heterocycles. The smallest absolute Gasteiger partial charge is 0.272 e. The Labute approximate surface area is 160 Å². The Balaban J connectivity index is 1.69. The SMILES string of the molecule is COc1cc(Nc2ccc(C(=O)NCc3ccco3)nn2)c(OC)cc1Cl. The third kappa shape index (κ3) is 4.48. The van der Waals surface area contributed by atoms with Gasteiger partial charge in [-0.3, -0.25) is 4.79 Å². The lowest BCUT2D eigenvalue weighted by atomic mass is 10.2. The van der Waals surface area contributed by atoms with Crippen LogP contribution in [0.15, 0.2) is 47.1 Å². The van der Waals surface area contributed by atoms with Gasteiger partial charge in [-0.2, -0.15) is 0 Å². The summed E-state index contributed by atoms with van der Waals surface area (Å²) in [6, 6.07) is 10.0. The molecule has 0 aliphatic heterocycles. The Hall–Kier alpha value is -3.26. The topological polar surface area (TPSA) is 98.5 Å². The quantitative estimate of drug-likeness (QED) is 0.639. The molecule has 0 saturated carbocycles. The van der Waals surface area contributed by atoms with Crippen LogP contribution in [0.4, 0.5) is 11.5 Å². The number of ether oxygens (including phenoxy) is 2. The average Bonchev–Trinajstić information content (AvgIpc) is 3.21. The van der Waals surface area contributed by atoms with Gasteiger partial charge >= 0.3 is 0 Å². The van der Waals surface area contributed by atoms with Crippen LogP contribution in [0.1, 0.15) is 16.2 Å². The van der Waals surface area contributed by atoms with Gasteiger partial charge in [-0.1, -0.05) is 11.6 Å². The second-order valence-electron chi connectivity index (χ2n) is 5.38. The minimum atomic E-state index is -0.351. The summed E-state index contributed by atoms with van der Waals surface area (Å²) < 4.78 is 15.7. The minimum absolute atomic E-state index is 0.188. The number of benzene rings is 1. The van der Waals surface area contributed by atoms with Crippen LogP contribution in [0.5, 0.6) is 11.5 Å². The molecule has 27 heavy (non-hydrogen) atoms. The molecule has 0 aliphatic rings. The van der Waals surface area contributed by atoms with Gasteiger partial charge in [-0.15, -0.1) is 10.2 Å². The number of methoxy groups -OCH3 is 2. The molecule has 9 heteroatoms. The predicted octanol–water partition coefficient (Wildman–Crippen LogP) is 3.41. The number of nitrogens with zero attached hydrogens (tertiary/aromatic N) is 2. The Morgan fingerprint density at radius 3 is 2.59 bits per heavy atom. The van der Waals surface area contributed by atoms with Crippen molar-refractivity contribution < 1.29 is 18.7 Å². The van der Waals surface area contributed by atoms with E-state index < -0.39 is 0 Å². The molecule has 8 nitrogen and oxygen atoms in total. The minimum Gasteiger partial charge on any atom is -0.495 e. The number of halogens is 1. The van der Waals surface area contributed by atoms with Crippen LogP contribution in [-0.2, 0) is 6.54 Å². The molecule has 0 spiro atoms. The number of aromatic nitrogens is 2. The van der Waals surface area contributed by atoms with E-state index in [9.17, 15) is 4.79 Å². The molecule has 0 atom stereocenters. The van der Waals surface area contributed by atoms with E-state index in [2.05, 4.69) is 20.8 Å². The van der Waals surface area contributed by atoms with E-state index in [0.717, 1.165) is 0 Å². The van der Waals surface area contributed by atoms with Crippen LogP contribution in [0.2, 0.25) is 5.02 Å². The first-order valence-corrected chi connectivity index (χ1v) is 8.31. The summed E-state index contributed by atoms with van der Waals surface area (Å²) in [6.45, 7) is 0.273. The van der Waals surface area contributed by atoms with Crippen LogP contribution in [-0.4, -0.2) is 30.3 Å². The first-order valence-electron chi connectivity index (χ1n) is 7.93. The predicted molar refractivity (Wildman–Crippen MR) is 99.7 cm³/mol. The van der Waals surface area contributed by atoms with Crippen molar-refractivity contribution in [3.8, 4) is 11.5 Å². The second-order valence-corrected chi connectivity index (χ2v) is 5.79. The van der Waals surface area contributed by atoms with E-state index in [4.69, 9.17) is 25.5 Å². The maximum absolute atomic E-state index is 12.1. The van der Waals surface area contributed by atoms with Gasteiger partial charge in [0.1, 0.15) is 17.3 Å². The lowest BCUT2D eigenvalue weighted by Gasteiger charge is -2.13. The largest absolute Gasteiger partial charge is 0.495 e. The fraction of sp³-hybridized carbons (Fsp3) is 0.167. The highest BCUT2D eigenvalue weighted by Gasteiger charge is 2.12. The van der Waals surface area contributed by atoms with Gasteiger partial charge in [0, 0.05) is 12.1 Å². The van der Waals surface area contributed by atoms with Crippen LogP contribution in [0.3, 0.4) is 0 Å². The maximum atomic E-state index is 12.1. The Kier molecular flexibility index (Phi) is 5.77. The molecule has 0 aliphatic carbocycles. The molecule has 2 heterocycles. The van der Waals surface area contributed by atoms with Gasteiger partial charge in [-0.05, 0) is 24.3 Å². The molecule has 0 radical (unpaired) electrons. The van der Waals surface area contributed by atoms with E-state index in [-0.39, 0.29) is 18.1 Å². The number of anilines is 2. The van der Waals surface area contributed by atoms with Crippen LogP contribution in [0.25, 0.3) is 0 Å². The first kappa shape index (κ1) is 18.5. The van der Waals surface area contributed by atoms with E-state index in [0.29, 0.717) is 33.8 Å². The molecule has 0 fully saturated rings. The third-order valence-corrected chi connectivity index (χ3v) is 3.93.